The summed E-state index contributed by atoms with van der Waals surface area (Å²) in [6.07, 6.45) is 21.7. The van der Waals surface area contributed by atoms with Crippen LogP contribution in [0.1, 0.15) is 110 Å². The standard InChI is InChI=1S/C25H50NO2.BrH/c1-5-7-9-11-13-15-17-19-21-25(27)28-24-23-26(3,4)22-20-18-16-14-12-10-8-6-2;/h5H,1,6-24H2,2-4H3;1H/q+1;. The smallest absolute Gasteiger partial charge is 0.305 e. The van der Waals surface area contributed by atoms with E-state index in [1.807, 2.05) is 6.08 Å². The molecule has 0 aromatic heterocycles. The molecule has 0 unspecified atom stereocenters. The van der Waals surface area contributed by atoms with Gasteiger partial charge in [0.25, 0.3) is 0 Å². The predicted octanol–water partition coefficient (Wildman–Crippen LogP) is 7.63. The molecular weight excluding hydrogens is 426 g/mol. The molecule has 4 heteroatoms. The first kappa shape index (κ1) is 30.8. The minimum atomic E-state index is -0.0151. The molecule has 0 rings (SSSR count). The van der Waals surface area contributed by atoms with E-state index >= 15 is 0 Å². The normalized spacial score (nSPS) is 11.1. The van der Waals surface area contributed by atoms with Gasteiger partial charge in [-0.3, -0.25) is 4.79 Å². The molecule has 0 aliphatic carbocycles. The third-order valence-corrected chi connectivity index (χ3v) is 5.62. The Morgan fingerprint density at radius 1 is 0.793 bits per heavy atom. The number of quaternary nitrogens is 1. The lowest BCUT2D eigenvalue weighted by Crippen LogP contribution is -2.43. The molecule has 0 fully saturated rings. The van der Waals surface area contributed by atoms with Crippen molar-refractivity contribution in [1.82, 2.24) is 0 Å². The van der Waals surface area contributed by atoms with Gasteiger partial charge in [0.05, 0.1) is 20.6 Å². The Kier molecular flexibility index (Phi) is 23.8. The Balaban J connectivity index is 0. The minimum absolute atomic E-state index is 0. The highest BCUT2D eigenvalue weighted by atomic mass is 79.9. The zero-order valence-electron chi connectivity index (χ0n) is 19.9. The first-order valence-electron chi connectivity index (χ1n) is 12.1. The van der Waals surface area contributed by atoms with Crippen LogP contribution in [0.25, 0.3) is 0 Å². The molecule has 0 spiro atoms. The molecule has 174 valence electrons. The summed E-state index contributed by atoms with van der Waals surface area (Å²) < 4.78 is 6.41. The van der Waals surface area contributed by atoms with Crippen molar-refractivity contribution >= 4 is 23.0 Å². The lowest BCUT2D eigenvalue weighted by Gasteiger charge is -2.29. The molecule has 0 saturated heterocycles. The average Bonchev–Trinajstić information content (AvgIpc) is 2.66. The van der Waals surface area contributed by atoms with Crippen LogP contribution in [0.15, 0.2) is 12.7 Å². The molecule has 29 heavy (non-hydrogen) atoms. The molecule has 0 radical (unpaired) electrons. The number of rotatable bonds is 21. The number of carbonyl (C=O) groups excluding carboxylic acids is 1. The van der Waals surface area contributed by atoms with Gasteiger partial charge in [-0.25, -0.2) is 0 Å². The summed E-state index contributed by atoms with van der Waals surface area (Å²) in [5.74, 6) is -0.0151. The number of hydrogen-bond donors (Lipinski definition) is 0. The van der Waals surface area contributed by atoms with Crippen molar-refractivity contribution in [3.63, 3.8) is 0 Å². The molecule has 0 saturated carbocycles. The third-order valence-electron chi connectivity index (χ3n) is 5.62. The molecule has 0 heterocycles. The number of allylic oxidation sites excluding steroid dienone is 1. The monoisotopic (exact) mass is 476 g/mol. The van der Waals surface area contributed by atoms with Crippen molar-refractivity contribution in [1.29, 1.82) is 0 Å². The Labute approximate surface area is 193 Å². The summed E-state index contributed by atoms with van der Waals surface area (Å²) in [6.45, 7) is 8.68. The fourth-order valence-corrected chi connectivity index (χ4v) is 3.53. The summed E-state index contributed by atoms with van der Waals surface area (Å²) in [7, 11) is 4.50. The van der Waals surface area contributed by atoms with Crippen molar-refractivity contribution in [2.75, 3.05) is 33.8 Å². The fraction of sp³-hybridized carbons (Fsp3) is 0.880. The molecule has 0 aromatic carbocycles. The number of hydrogen-bond acceptors (Lipinski definition) is 2. The van der Waals surface area contributed by atoms with E-state index in [1.165, 1.54) is 83.6 Å². The van der Waals surface area contributed by atoms with Gasteiger partial charge >= 0.3 is 5.97 Å². The number of nitrogens with zero attached hydrogens (tertiary/aromatic N) is 1. The SMILES string of the molecule is Br.C=CCCCCCCCCC(=O)OCC[N+](C)(C)CCCCCCCCCC. The fourth-order valence-electron chi connectivity index (χ4n) is 3.53. The van der Waals surface area contributed by atoms with Crippen molar-refractivity contribution in [3.05, 3.63) is 12.7 Å². The van der Waals surface area contributed by atoms with Crippen molar-refractivity contribution in [3.8, 4) is 0 Å². The van der Waals surface area contributed by atoms with Crippen molar-refractivity contribution in [2.45, 2.75) is 110 Å². The van der Waals surface area contributed by atoms with E-state index in [-0.39, 0.29) is 23.0 Å². The van der Waals surface area contributed by atoms with E-state index in [9.17, 15) is 4.79 Å². The third kappa shape index (κ3) is 23.8. The number of unbranched alkanes of at least 4 members (excludes halogenated alkanes) is 13. The van der Waals surface area contributed by atoms with E-state index in [1.54, 1.807) is 0 Å². The zero-order valence-corrected chi connectivity index (χ0v) is 21.6. The Bertz CT molecular complexity index is 372. The summed E-state index contributed by atoms with van der Waals surface area (Å²) >= 11 is 0. The Morgan fingerprint density at radius 2 is 1.31 bits per heavy atom. The molecule has 0 N–H and O–H groups in total. The second-order valence-corrected chi connectivity index (χ2v) is 9.03. The number of carbonyl (C=O) groups is 1. The van der Waals surface area contributed by atoms with Gasteiger partial charge in [0.2, 0.25) is 0 Å². The van der Waals surface area contributed by atoms with Crippen LogP contribution in [0.2, 0.25) is 0 Å². The van der Waals surface area contributed by atoms with E-state index in [0.717, 1.165) is 30.3 Å². The van der Waals surface area contributed by atoms with Crippen LogP contribution >= 0.6 is 17.0 Å². The van der Waals surface area contributed by atoms with Crippen LogP contribution in [-0.2, 0) is 9.53 Å². The molecule has 0 amide bonds. The number of halogens is 1. The van der Waals surface area contributed by atoms with Gasteiger partial charge < -0.3 is 9.22 Å². The van der Waals surface area contributed by atoms with E-state index in [0.29, 0.717) is 13.0 Å². The zero-order chi connectivity index (χ0) is 20.9. The molecule has 0 atom stereocenters. The van der Waals surface area contributed by atoms with E-state index in [2.05, 4.69) is 27.6 Å². The average molecular weight is 478 g/mol. The first-order valence-corrected chi connectivity index (χ1v) is 12.1. The van der Waals surface area contributed by atoms with Gasteiger partial charge in [-0.1, -0.05) is 77.2 Å². The van der Waals surface area contributed by atoms with Crippen LogP contribution in [0.4, 0.5) is 0 Å². The summed E-state index contributed by atoms with van der Waals surface area (Å²) in [4.78, 5) is 11.9. The molecule has 0 aliphatic heterocycles. The Hall–Kier alpha value is -0.350. The first-order chi connectivity index (χ1) is 13.5. The van der Waals surface area contributed by atoms with Gasteiger partial charge in [-0.2, -0.15) is 0 Å². The van der Waals surface area contributed by atoms with Crippen LogP contribution in [-0.4, -0.2) is 44.2 Å². The second-order valence-electron chi connectivity index (χ2n) is 9.03. The topological polar surface area (TPSA) is 26.3 Å². The maximum Gasteiger partial charge on any atom is 0.305 e. The number of ether oxygens (including phenoxy) is 1. The van der Waals surface area contributed by atoms with E-state index in [4.69, 9.17) is 4.74 Å². The number of likely N-dealkylation sites (N-methyl/N-ethyl adjacent to an activating group) is 1. The molecule has 0 bridgehead atoms. The molecule has 3 nitrogen and oxygen atoms in total. The van der Waals surface area contributed by atoms with Gasteiger partial charge in [-0.05, 0) is 32.1 Å². The van der Waals surface area contributed by atoms with Gasteiger partial charge in [0, 0.05) is 6.42 Å². The number of esters is 1. The quantitative estimate of drug-likeness (QED) is 0.0735. The lowest BCUT2D eigenvalue weighted by molar-refractivity contribution is -0.890. The second kappa shape index (κ2) is 22.3. The Morgan fingerprint density at radius 3 is 1.90 bits per heavy atom. The van der Waals surface area contributed by atoms with E-state index < -0.39 is 0 Å². The summed E-state index contributed by atoms with van der Waals surface area (Å²) in [6, 6.07) is 0. The van der Waals surface area contributed by atoms with Crippen LogP contribution in [0.5, 0.6) is 0 Å². The molecular formula is C25H51BrNO2+. The van der Waals surface area contributed by atoms with Crippen molar-refractivity contribution in [2.24, 2.45) is 0 Å². The highest BCUT2D eigenvalue weighted by molar-refractivity contribution is 8.93. The van der Waals surface area contributed by atoms with Crippen LogP contribution in [0.3, 0.4) is 0 Å². The summed E-state index contributed by atoms with van der Waals surface area (Å²) in [5.41, 5.74) is 0. The summed E-state index contributed by atoms with van der Waals surface area (Å²) in [5, 5.41) is 0. The maximum atomic E-state index is 11.9. The largest absolute Gasteiger partial charge is 0.460 e. The maximum absolute atomic E-state index is 11.9. The predicted molar refractivity (Wildman–Crippen MR) is 133 cm³/mol. The lowest BCUT2D eigenvalue weighted by atomic mass is 10.1. The van der Waals surface area contributed by atoms with Crippen LogP contribution in [0, 0.1) is 0 Å². The van der Waals surface area contributed by atoms with Gasteiger partial charge in [0.1, 0.15) is 13.2 Å². The van der Waals surface area contributed by atoms with Crippen molar-refractivity contribution < 1.29 is 14.0 Å². The van der Waals surface area contributed by atoms with Gasteiger partial charge in [-0.15, -0.1) is 23.6 Å². The highest BCUT2D eigenvalue weighted by Gasteiger charge is 2.15. The highest BCUT2D eigenvalue weighted by Crippen LogP contribution is 2.11. The molecule has 0 aromatic rings. The van der Waals surface area contributed by atoms with Gasteiger partial charge in [0.15, 0.2) is 0 Å². The van der Waals surface area contributed by atoms with Crippen LogP contribution < -0.4 is 0 Å². The minimum Gasteiger partial charge on any atom is -0.460 e. The molecule has 0 aliphatic rings.